The van der Waals surface area contributed by atoms with Crippen LogP contribution < -0.4 is 5.73 Å². The van der Waals surface area contributed by atoms with E-state index in [1.807, 2.05) is 30.3 Å². The van der Waals surface area contributed by atoms with E-state index in [0.717, 1.165) is 19.3 Å². The Bertz CT molecular complexity index is 765. The van der Waals surface area contributed by atoms with E-state index in [4.69, 9.17) is 10.2 Å². The van der Waals surface area contributed by atoms with Gasteiger partial charge in [0.2, 0.25) is 0 Å². The fraction of sp³-hybridized carbons (Fsp3) is 0.400. The van der Waals surface area contributed by atoms with Crippen LogP contribution in [0, 0.1) is 6.92 Å². The molecule has 3 rings (SSSR count). The van der Waals surface area contributed by atoms with Crippen LogP contribution >= 0.6 is 0 Å². The second-order valence-corrected chi connectivity index (χ2v) is 6.45. The van der Waals surface area contributed by atoms with Gasteiger partial charge in [-0.15, -0.1) is 0 Å². The molecule has 1 aromatic carbocycles. The van der Waals surface area contributed by atoms with Gasteiger partial charge in [0.15, 0.2) is 11.5 Å². The Morgan fingerprint density at radius 1 is 1.20 bits per heavy atom. The van der Waals surface area contributed by atoms with Crippen LogP contribution in [0.4, 0.5) is 0 Å². The molecule has 1 aliphatic rings. The average Bonchev–Trinajstić information content (AvgIpc) is 2.97. The Balaban J connectivity index is 1.80. The van der Waals surface area contributed by atoms with Crippen molar-refractivity contribution in [3.05, 3.63) is 58.5 Å². The number of carbonyl (C=O) groups excluding carboxylic acids is 2. The molecule has 2 N–H and O–H groups in total. The highest BCUT2D eigenvalue weighted by atomic mass is 16.4. The van der Waals surface area contributed by atoms with Crippen molar-refractivity contribution in [2.24, 2.45) is 5.73 Å². The van der Waals surface area contributed by atoms with E-state index in [1.54, 1.807) is 11.8 Å². The summed E-state index contributed by atoms with van der Waals surface area (Å²) in [5.41, 5.74) is 8.15. The highest BCUT2D eigenvalue weighted by molar-refractivity contribution is 6.03. The number of amides is 1. The number of fused-ring (bicyclic) bond motifs is 1. The van der Waals surface area contributed by atoms with Gasteiger partial charge < -0.3 is 15.1 Å². The fourth-order valence-corrected chi connectivity index (χ4v) is 3.38. The number of furan rings is 1. The topological polar surface area (TPSA) is 76.5 Å². The maximum atomic E-state index is 13.0. The Morgan fingerprint density at radius 3 is 2.64 bits per heavy atom. The lowest BCUT2D eigenvalue weighted by molar-refractivity contribution is 0.0726. The van der Waals surface area contributed by atoms with Gasteiger partial charge in [0.05, 0.1) is 5.56 Å². The molecule has 0 spiro atoms. The van der Waals surface area contributed by atoms with Gasteiger partial charge in [-0.2, -0.15) is 0 Å². The molecule has 0 saturated heterocycles. The largest absolute Gasteiger partial charge is 0.455 e. The molecule has 132 valence electrons. The van der Waals surface area contributed by atoms with Crippen LogP contribution in [0.3, 0.4) is 0 Å². The monoisotopic (exact) mass is 340 g/mol. The van der Waals surface area contributed by atoms with Crippen molar-refractivity contribution < 1.29 is 14.0 Å². The van der Waals surface area contributed by atoms with Crippen molar-refractivity contribution in [1.82, 2.24) is 4.90 Å². The van der Waals surface area contributed by atoms with E-state index in [1.165, 1.54) is 5.56 Å². The zero-order chi connectivity index (χ0) is 17.8. The first-order valence-corrected chi connectivity index (χ1v) is 8.80. The Kier molecular flexibility index (Phi) is 5.34. The van der Waals surface area contributed by atoms with Crippen LogP contribution in [0.5, 0.6) is 0 Å². The summed E-state index contributed by atoms with van der Waals surface area (Å²) in [7, 11) is 0. The average molecular weight is 340 g/mol. The molecule has 0 bridgehead atoms. The zero-order valence-corrected chi connectivity index (χ0v) is 14.6. The number of aryl methyl sites for hydroxylation is 1. The Labute approximate surface area is 147 Å². The quantitative estimate of drug-likeness (QED) is 0.877. The first-order chi connectivity index (χ1) is 12.1. The van der Waals surface area contributed by atoms with Crippen LogP contribution in [-0.4, -0.2) is 36.2 Å². The number of nitrogens with two attached hydrogens (primary N) is 1. The molecule has 2 aromatic rings. The van der Waals surface area contributed by atoms with Crippen LogP contribution in [0.1, 0.15) is 50.6 Å². The molecule has 0 aliphatic heterocycles. The summed E-state index contributed by atoms with van der Waals surface area (Å²) in [5.74, 6) is 0.854. The summed E-state index contributed by atoms with van der Waals surface area (Å²) >= 11 is 0. The van der Waals surface area contributed by atoms with Crippen LogP contribution in [0.2, 0.25) is 0 Å². The summed E-state index contributed by atoms with van der Waals surface area (Å²) in [4.78, 5) is 26.8. The highest BCUT2D eigenvalue weighted by Crippen LogP contribution is 2.30. The van der Waals surface area contributed by atoms with Crippen molar-refractivity contribution >= 4 is 11.7 Å². The normalized spacial score (nSPS) is 13.6. The van der Waals surface area contributed by atoms with Gasteiger partial charge in [-0.05, 0) is 25.3 Å². The maximum Gasteiger partial charge on any atom is 0.289 e. The van der Waals surface area contributed by atoms with Crippen molar-refractivity contribution in [2.45, 2.75) is 32.6 Å². The van der Waals surface area contributed by atoms with E-state index < -0.39 is 0 Å². The molecule has 0 saturated carbocycles. The second-order valence-electron chi connectivity index (χ2n) is 6.45. The lowest BCUT2D eigenvalue weighted by atomic mass is 9.94. The van der Waals surface area contributed by atoms with E-state index in [9.17, 15) is 9.59 Å². The third-order valence-electron chi connectivity index (χ3n) is 4.70. The van der Waals surface area contributed by atoms with E-state index in [0.29, 0.717) is 48.7 Å². The van der Waals surface area contributed by atoms with Crippen LogP contribution in [0.15, 0.2) is 34.7 Å². The first-order valence-electron chi connectivity index (χ1n) is 8.80. The number of nitrogens with zero attached hydrogens (tertiary/aromatic N) is 1. The minimum Gasteiger partial charge on any atom is -0.455 e. The standard InChI is InChI=1S/C20H24N2O3/c1-14-18-16(23)8-5-9-17(18)25-19(14)20(24)22(13-11-21)12-10-15-6-3-2-4-7-15/h2-4,6-7H,5,8-13,21H2,1H3. The van der Waals surface area contributed by atoms with Crippen molar-refractivity contribution in [3.8, 4) is 0 Å². The minimum atomic E-state index is -0.180. The lowest BCUT2D eigenvalue weighted by Gasteiger charge is -2.21. The Morgan fingerprint density at radius 2 is 1.96 bits per heavy atom. The number of hydrogen-bond acceptors (Lipinski definition) is 4. The van der Waals surface area contributed by atoms with E-state index in [2.05, 4.69) is 0 Å². The summed E-state index contributed by atoms with van der Waals surface area (Å²) in [6, 6.07) is 10.0. The van der Waals surface area contributed by atoms with Gasteiger partial charge in [0.25, 0.3) is 5.91 Å². The second kappa shape index (κ2) is 7.66. The third-order valence-corrected chi connectivity index (χ3v) is 4.70. The fourth-order valence-electron chi connectivity index (χ4n) is 3.38. The van der Waals surface area contributed by atoms with Gasteiger partial charge in [-0.1, -0.05) is 30.3 Å². The molecule has 0 atom stereocenters. The van der Waals surface area contributed by atoms with Gasteiger partial charge >= 0.3 is 0 Å². The van der Waals surface area contributed by atoms with E-state index in [-0.39, 0.29) is 11.7 Å². The highest BCUT2D eigenvalue weighted by Gasteiger charge is 2.30. The molecule has 0 unspecified atom stereocenters. The predicted molar refractivity (Wildman–Crippen MR) is 95.8 cm³/mol. The number of Topliss-reactive ketones (excluding diaryl/α,β-unsaturated/α-hetero) is 1. The number of benzene rings is 1. The molecule has 1 amide bonds. The molecule has 1 heterocycles. The van der Waals surface area contributed by atoms with Gasteiger partial charge in [0.1, 0.15) is 5.76 Å². The third kappa shape index (κ3) is 3.66. The molecule has 0 radical (unpaired) electrons. The van der Waals surface area contributed by atoms with Crippen LogP contribution in [0.25, 0.3) is 0 Å². The summed E-state index contributed by atoms with van der Waals surface area (Å²) in [5, 5.41) is 0. The summed E-state index contributed by atoms with van der Waals surface area (Å²) in [6.45, 7) is 3.22. The first kappa shape index (κ1) is 17.4. The smallest absolute Gasteiger partial charge is 0.289 e. The molecular weight excluding hydrogens is 316 g/mol. The van der Waals surface area contributed by atoms with Gasteiger partial charge in [0, 0.05) is 38.0 Å². The van der Waals surface area contributed by atoms with Crippen molar-refractivity contribution in [3.63, 3.8) is 0 Å². The zero-order valence-electron chi connectivity index (χ0n) is 14.6. The number of hydrogen-bond donors (Lipinski definition) is 1. The van der Waals surface area contributed by atoms with Crippen molar-refractivity contribution in [2.75, 3.05) is 19.6 Å². The lowest BCUT2D eigenvalue weighted by Crippen LogP contribution is -2.37. The van der Waals surface area contributed by atoms with Gasteiger partial charge in [-0.25, -0.2) is 0 Å². The molecule has 25 heavy (non-hydrogen) atoms. The molecule has 0 fully saturated rings. The van der Waals surface area contributed by atoms with Crippen LogP contribution in [-0.2, 0) is 12.8 Å². The number of carbonyl (C=O) groups is 2. The minimum absolute atomic E-state index is 0.0798. The Hall–Kier alpha value is -2.40. The number of rotatable bonds is 6. The SMILES string of the molecule is Cc1c(C(=O)N(CCN)CCc2ccccc2)oc2c1C(=O)CCC2. The predicted octanol–water partition coefficient (Wildman–Crippen LogP) is 2.75. The molecule has 1 aromatic heterocycles. The summed E-state index contributed by atoms with van der Waals surface area (Å²) < 4.78 is 5.80. The van der Waals surface area contributed by atoms with E-state index >= 15 is 0 Å². The van der Waals surface area contributed by atoms with Crippen molar-refractivity contribution in [1.29, 1.82) is 0 Å². The summed E-state index contributed by atoms with van der Waals surface area (Å²) in [6.07, 6.45) is 2.79. The molecule has 1 aliphatic carbocycles. The maximum absolute atomic E-state index is 13.0. The molecule has 5 heteroatoms. The van der Waals surface area contributed by atoms with Gasteiger partial charge in [-0.3, -0.25) is 9.59 Å². The molecular formula is C20H24N2O3. The molecule has 5 nitrogen and oxygen atoms in total. The number of ketones is 1.